The molecular formula is C14H18N2O2. The average molecular weight is 246 g/mol. The first-order chi connectivity index (χ1) is 8.72. The summed E-state index contributed by atoms with van der Waals surface area (Å²) in [5, 5.41) is 12.7. The van der Waals surface area contributed by atoms with Gasteiger partial charge >= 0.3 is 0 Å². The van der Waals surface area contributed by atoms with E-state index in [0.29, 0.717) is 19.1 Å². The number of amides is 1. The normalized spacial score (nSPS) is 18.6. The van der Waals surface area contributed by atoms with E-state index in [1.807, 2.05) is 11.0 Å². The predicted molar refractivity (Wildman–Crippen MR) is 68.3 cm³/mol. The third kappa shape index (κ3) is 2.48. The molecule has 2 aliphatic rings. The molecule has 0 radical (unpaired) electrons. The first-order valence-electron chi connectivity index (χ1n) is 6.54. The van der Waals surface area contributed by atoms with Crippen LogP contribution in [0.2, 0.25) is 0 Å². The largest absolute Gasteiger partial charge is 0.508 e. The van der Waals surface area contributed by atoms with Crippen LogP contribution in [0.1, 0.15) is 24.0 Å². The van der Waals surface area contributed by atoms with Crippen LogP contribution in [-0.2, 0) is 17.8 Å². The van der Waals surface area contributed by atoms with E-state index in [4.69, 9.17) is 0 Å². The molecule has 0 aromatic heterocycles. The fraction of sp³-hybridized carbons (Fsp3) is 0.500. The highest BCUT2D eigenvalue weighted by Gasteiger charge is 2.24. The monoisotopic (exact) mass is 246 g/mol. The smallest absolute Gasteiger partial charge is 0.236 e. The van der Waals surface area contributed by atoms with Crippen LogP contribution in [0.15, 0.2) is 18.2 Å². The van der Waals surface area contributed by atoms with E-state index in [1.165, 1.54) is 18.4 Å². The molecular weight excluding hydrogens is 228 g/mol. The Morgan fingerprint density at radius 2 is 2.22 bits per heavy atom. The summed E-state index contributed by atoms with van der Waals surface area (Å²) in [5.74, 6) is 0.440. The molecule has 1 aliphatic heterocycles. The van der Waals surface area contributed by atoms with E-state index < -0.39 is 0 Å². The van der Waals surface area contributed by atoms with Gasteiger partial charge in [0.25, 0.3) is 0 Å². The molecule has 1 aliphatic carbocycles. The number of hydrogen-bond donors (Lipinski definition) is 2. The van der Waals surface area contributed by atoms with E-state index in [1.54, 1.807) is 12.1 Å². The molecule has 3 rings (SSSR count). The van der Waals surface area contributed by atoms with Crippen molar-refractivity contribution in [1.29, 1.82) is 0 Å². The highest BCUT2D eigenvalue weighted by atomic mass is 16.3. The minimum absolute atomic E-state index is 0.163. The summed E-state index contributed by atoms with van der Waals surface area (Å²) in [5.41, 5.74) is 2.31. The molecule has 2 N–H and O–H groups in total. The number of hydrogen-bond acceptors (Lipinski definition) is 3. The van der Waals surface area contributed by atoms with Crippen LogP contribution in [0.5, 0.6) is 5.75 Å². The van der Waals surface area contributed by atoms with Crippen LogP contribution < -0.4 is 5.32 Å². The van der Waals surface area contributed by atoms with Gasteiger partial charge < -0.3 is 15.3 Å². The summed E-state index contributed by atoms with van der Waals surface area (Å²) in [4.78, 5) is 13.9. The number of phenols is 1. The first kappa shape index (κ1) is 11.5. The lowest BCUT2D eigenvalue weighted by molar-refractivity contribution is -0.131. The van der Waals surface area contributed by atoms with Crippen LogP contribution in [-0.4, -0.2) is 35.0 Å². The zero-order valence-electron chi connectivity index (χ0n) is 10.4. The van der Waals surface area contributed by atoms with Crippen molar-refractivity contribution in [3.63, 3.8) is 0 Å². The maximum absolute atomic E-state index is 12.0. The molecule has 0 spiro atoms. The molecule has 0 bridgehead atoms. The lowest BCUT2D eigenvalue weighted by Crippen LogP contribution is -2.41. The number of nitrogens with one attached hydrogen (secondary N) is 1. The molecule has 1 aromatic rings. The van der Waals surface area contributed by atoms with Crippen molar-refractivity contribution in [1.82, 2.24) is 10.2 Å². The lowest BCUT2D eigenvalue weighted by Gasteiger charge is -2.29. The second-order valence-electron chi connectivity index (χ2n) is 5.17. The number of phenolic OH excluding ortho intramolecular Hbond substituents is 1. The van der Waals surface area contributed by atoms with Crippen LogP contribution in [0.3, 0.4) is 0 Å². The van der Waals surface area contributed by atoms with Gasteiger partial charge in [0.2, 0.25) is 5.91 Å². The molecule has 0 atom stereocenters. The second-order valence-corrected chi connectivity index (χ2v) is 5.17. The minimum Gasteiger partial charge on any atom is -0.508 e. The maximum atomic E-state index is 12.0. The molecule has 1 fully saturated rings. The molecule has 1 aromatic carbocycles. The van der Waals surface area contributed by atoms with Gasteiger partial charge in [0, 0.05) is 19.1 Å². The van der Waals surface area contributed by atoms with Gasteiger partial charge in [-0.25, -0.2) is 0 Å². The van der Waals surface area contributed by atoms with Crippen molar-refractivity contribution in [2.45, 2.75) is 31.8 Å². The quantitative estimate of drug-likeness (QED) is 0.837. The Balaban J connectivity index is 1.63. The zero-order chi connectivity index (χ0) is 12.5. The lowest BCUT2D eigenvalue weighted by atomic mass is 9.99. The zero-order valence-corrected chi connectivity index (χ0v) is 10.4. The molecule has 0 saturated heterocycles. The fourth-order valence-corrected chi connectivity index (χ4v) is 2.39. The Morgan fingerprint density at radius 1 is 1.39 bits per heavy atom. The highest BCUT2D eigenvalue weighted by molar-refractivity contribution is 5.78. The van der Waals surface area contributed by atoms with Gasteiger partial charge in [0.05, 0.1) is 6.54 Å². The fourth-order valence-electron chi connectivity index (χ4n) is 2.39. The van der Waals surface area contributed by atoms with E-state index in [9.17, 15) is 9.90 Å². The predicted octanol–water partition coefficient (Wildman–Crippen LogP) is 1.03. The standard InChI is InChI=1S/C14H18N2O2/c17-13-4-1-10-5-6-16(9-11(10)7-13)14(18)8-15-12-2-3-12/h1,4,7,12,15,17H,2-3,5-6,8-9H2. The number of rotatable bonds is 3. The Kier molecular flexibility index (Phi) is 2.96. The van der Waals surface area contributed by atoms with Crippen molar-refractivity contribution in [2.75, 3.05) is 13.1 Å². The van der Waals surface area contributed by atoms with Gasteiger partial charge in [0.15, 0.2) is 0 Å². The summed E-state index contributed by atoms with van der Waals surface area (Å²) >= 11 is 0. The second kappa shape index (κ2) is 4.61. The van der Waals surface area contributed by atoms with Crippen molar-refractivity contribution < 1.29 is 9.90 Å². The molecule has 4 heteroatoms. The maximum Gasteiger partial charge on any atom is 0.236 e. The first-order valence-corrected chi connectivity index (χ1v) is 6.54. The van der Waals surface area contributed by atoms with Crippen molar-refractivity contribution in [2.24, 2.45) is 0 Å². The van der Waals surface area contributed by atoms with E-state index in [-0.39, 0.29) is 11.7 Å². The number of carbonyl (C=O) groups is 1. The topological polar surface area (TPSA) is 52.6 Å². The van der Waals surface area contributed by atoms with Crippen LogP contribution in [0.4, 0.5) is 0 Å². The molecule has 4 nitrogen and oxygen atoms in total. The van der Waals surface area contributed by atoms with Crippen LogP contribution in [0.25, 0.3) is 0 Å². The van der Waals surface area contributed by atoms with Gasteiger partial charge in [-0.15, -0.1) is 0 Å². The highest BCUT2D eigenvalue weighted by Crippen LogP contribution is 2.23. The Labute approximate surface area is 107 Å². The van der Waals surface area contributed by atoms with Crippen molar-refractivity contribution in [3.8, 4) is 5.75 Å². The summed E-state index contributed by atoms with van der Waals surface area (Å²) < 4.78 is 0. The Morgan fingerprint density at radius 3 is 3.00 bits per heavy atom. The summed E-state index contributed by atoms with van der Waals surface area (Å²) in [6.45, 7) is 1.84. The average Bonchev–Trinajstić information content (AvgIpc) is 3.19. The van der Waals surface area contributed by atoms with Crippen molar-refractivity contribution >= 4 is 5.91 Å². The number of benzene rings is 1. The van der Waals surface area contributed by atoms with Crippen molar-refractivity contribution in [3.05, 3.63) is 29.3 Å². The molecule has 1 saturated carbocycles. The molecule has 18 heavy (non-hydrogen) atoms. The van der Waals surface area contributed by atoms with E-state index >= 15 is 0 Å². The summed E-state index contributed by atoms with van der Waals surface area (Å²) in [6, 6.07) is 6.00. The molecule has 96 valence electrons. The van der Waals surface area contributed by atoms with Gasteiger partial charge in [0.1, 0.15) is 5.75 Å². The third-order valence-corrected chi connectivity index (χ3v) is 3.67. The third-order valence-electron chi connectivity index (χ3n) is 3.67. The van der Waals surface area contributed by atoms with Gasteiger partial charge in [-0.1, -0.05) is 6.07 Å². The minimum atomic E-state index is 0.163. The van der Waals surface area contributed by atoms with E-state index in [0.717, 1.165) is 18.5 Å². The molecule has 1 heterocycles. The van der Waals surface area contributed by atoms with Gasteiger partial charge in [-0.2, -0.15) is 0 Å². The Bertz CT molecular complexity index is 469. The van der Waals surface area contributed by atoms with E-state index in [2.05, 4.69) is 5.32 Å². The molecule has 1 amide bonds. The van der Waals surface area contributed by atoms with Gasteiger partial charge in [-0.05, 0) is 42.5 Å². The number of carbonyl (C=O) groups excluding carboxylic acids is 1. The number of fused-ring (bicyclic) bond motifs is 1. The Hall–Kier alpha value is -1.55. The summed E-state index contributed by atoms with van der Waals surface area (Å²) in [6.07, 6.45) is 3.28. The van der Waals surface area contributed by atoms with Gasteiger partial charge in [-0.3, -0.25) is 4.79 Å². The SMILES string of the molecule is O=C(CNC1CC1)N1CCc2ccc(O)cc2C1. The van der Waals surface area contributed by atoms with Crippen LogP contribution >= 0.6 is 0 Å². The van der Waals surface area contributed by atoms with Crippen LogP contribution in [0, 0.1) is 0 Å². The molecule has 0 unspecified atom stereocenters. The number of aromatic hydroxyl groups is 1. The summed E-state index contributed by atoms with van der Waals surface area (Å²) in [7, 11) is 0. The number of nitrogens with zero attached hydrogens (tertiary/aromatic N) is 1.